The standard InChI is InChI=1S/C23H46O5/c1-3-5-7-8-9-10-11-13-16-25-19-21-27-22-20-26-17-14-15-23(24)28-18-12-6-4-2/h3-22H2,1-2H3. The second-order valence-corrected chi connectivity index (χ2v) is 7.34. The van der Waals surface area contributed by atoms with E-state index in [0.29, 0.717) is 52.5 Å². The number of rotatable bonds is 23. The lowest BCUT2D eigenvalue weighted by molar-refractivity contribution is -0.144. The molecule has 0 heterocycles. The predicted octanol–water partition coefficient (Wildman–Crippen LogP) is 5.69. The Bertz CT molecular complexity index is 309. The third-order valence-electron chi connectivity index (χ3n) is 4.57. The molecule has 0 aliphatic rings. The molecule has 0 aliphatic heterocycles. The van der Waals surface area contributed by atoms with Crippen molar-refractivity contribution < 1.29 is 23.7 Å². The molecule has 0 unspecified atom stereocenters. The van der Waals surface area contributed by atoms with Gasteiger partial charge in [-0.15, -0.1) is 0 Å². The van der Waals surface area contributed by atoms with Crippen molar-refractivity contribution >= 4 is 5.97 Å². The van der Waals surface area contributed by atoms with Gasteiger partial charge in [0, 0.05) is 19.6 Å². The number of unbranched alkanes of at least 4 members (excludes halogenated alkanes) is 9. The van der Waals surface area contributed by atoms with Gasteiger partial charge in [0.05, 0.1) is 33.0 Å². The topological polar surface area (TPSA) is 54.0 Å². The molecule has 0 amide bonds. The summed E-state index contributed by atoms with van der Waals surface area (Å²) in [5.74, 6) is -0.121. The summed E-state index contributed by atoms with van der Waals surface area (Å²) in [6, 6.07) is 0. The van der Waals surface area contributed by atoms with Gasteiger partial charge in [0.1, 0.15) is 0 Å². The summed E-state index contributed by atoms with van der Waals surface area (Å²) in [5.41, 5.74) is 0. The van der Waals surface area contributed by atoms with Crippen LogP contribution in [0.2, 0.25) is 0 Å². The van der Waals surface area contributed by atoms with Gasteiger partial charge in [0.2, 0.25) is 0 Å². The van der Waals surface area contributed by atoms with E-state index in [1.165, 1.54) is 44.9 Å². The second kappa shape index (κ2) is 24.4. The number of esters is 1. The fourth-order valence-electron chi connectivity index (χ4n) is 2.81. The first kappa shape index (κ1) is 27.4. The molecule has 0 N–H and O–H groups in total. The quantitative estimate of drug-likeness (QED) is 0.162. The third-order valence-corrected chi connectivity index (χ3v) is 4.57. The maximum absolute atomic E-state index is 11.5. The highest BCUT2D eigenvalue weighted by Gasteiger charge is 2.02. The molecule has 0 aromatic carbocycles. The van der Waals surface area contributed by atoms with Crippen LogP contribution in [0.25, 0.3) is 0 Å². The van der Waals surface area contributed by atoms with Crippen LogP contribution in [0.1, 0.15) is 97.3 Å². The van der Waals surface area contributed by atoms with Crippen LogP contribution in [-0.2, 0) is 23.7 Å². The van der Waals surface area contributed by atoms with Gasteiger partial charge < -0.3 is 18.9 Å². The monoisotopic (exact) mass is 402 g/mol. The highest BCUT2D eigenvalue weighted by Crippen LogP contribution is 2.08. The maximum atomic E-state index is 11.5. The van der Waals surface area contributed by atoms with Crippen LogP contribution in [0.4, 0.5) is 0 Å². The smallest absolute Gasteiger partial charge is 0.305 e. The summed E-state index contributed by atoms with van der Waals surface area (Å²) in [4.78, 5) is 11.5. The molecule has 0 radical (unpaired) electrons. The van der Waals surface area contributed by atoms with E-state index in [-0.39, 0.29) is 5.97 Å². The fourth-order valence-corrected chi connectivity index (χ4v) is 2.81. The van der Waals surface area contributed by atoms with Crippen LogP contribution in [0.5, 0.6) is 0 Å². The lowest BCUT2D eigenvalue weighted by Crippen LogP contribution is -2.11. The zero-order chi connectivity index (χ0) is 20.5. The van der Waals surface area contributed by atoms with Crippen molar-refractivity contribution in [1.29, 1.82) is 0 Å². The van der Waals surface area contributed by atoms with E-state index < -0.39 is 0 Å². The van der Waals surface area contributed by atoms with Crippen molar-refractivity contribution in [2.75, 3.05) is 46.2 Å². The van der Waals surface area contributed by atoms with Gasteiger partial charge in [0.25, 0.3) is 0 Å². The Morgan fingerprint density at radius 2 is 0.929 bits per heavy atom. The van der Waals surface area contributed by atoms with E-state index in [1.54, 1.807) is 0 Å². The van der Waals surface area contributed by atoms with E-state index in [1.807, 2.05) is 0 Å². The first-order valence-electron chi connectivity index (χ1n) is 11.7. The number of hydrogen-bond donors (Lipinski definition) is 0. The van der Waals surface area contributed by atoms with Crippen molar-refractivity contribution in [1.82, 2.24) is 0 Å². The van der Waals surface area contributed by atoms with Crippen LogP contribution in [0, 0.1) is 0 Å². The Hall–Kier alpha value is -0.650. The Morgan fingerprint density at radius 1 is 0.500 bits per heavy atom. The summed E-state index contributed by atoms with van der Waals surface area (Å²) in [7, 11) is 0. The van der Waals surface area contributed by atoms with Crippen LogP contribution < -0.4 is 0 Å². The zero-order valence-corrected chi connectivity index (χ0v) is 18.7. The first-order valence-corrected chi connectivity index (χ1v) is 11.7. The minimum absolute atomic E-state index is 0.121. The lowest BCUT2D eigenvalue weighted by atomic mass is 10.1. The van der Waals surface area contributed by atoms with Crippen LogP contribution in [0.3, 0.4) is 0 Å². The van der Waals surface area contributed by atoms with Crippen LogP contribution in [-0.4, -0.2) is 52.2 Å². The molecule has 0 rings (SSSR count). The Morgan fingerprint density at radius 3 is 1.54 bits per heavy atom. The fraction of sp³-hybridized carbons (Fsp3) is 0.957. The maximum Gasteiger partial charge on any atom is 0.305 e. The molecule has 0 aliphatic carbocycles. The number of carbonyl (C=O) groups excluding carboxylic acids is 1. The zero-order valence-electron chi connectivity index (χ0n) is 18.7. The molecule has 0 saturated carbocycles. The molecule has 0 aromatic rings. The molecule has 0 fully saturated rings. The SMILES string of the molecule is CCCCCCCCCCOCCOCCOCCCC(=O)OCCCCC. The minimum atomic E-state index is -0.121. The van der Waals surface area contributed by atoms with E-state index >= 15 is 0 Å². The Kier molecular flexibility index (Phi) is 23.8. The second-order valence-electron chi connectivity index (χ2n) is 7.34. The highest BCUT2D eigenvalue weighted by molar-refractivity contribution is 5.69. The van der Waals surface area contributed by atoms with E-state index in [9.17, 15) is 4.79 Å². The molecule has 0 spiro atoms. The van der Waals surface area contributed by atoms with Crippen molar-refractivity contribution in [2.45, 2.75) is 97.3 Å². The van der Waals surface area contributed by atoms with Crippen LogP contribution >= 0.6 is 0 Å². The molecule has 0 atom stereocenters. The van der Waals surface area contributed by atoms with Gasteiger partial charge in [-0.25, -0.2) is 0 Å². The number of hydrogen-bond acceptors (Lipinski definition) is 5. The molecule has 168 valence electrons. The van der Waals surface area contributed by atoms with E-state index in [2.05, 4.69) is 13.8 Å². The summed E-state index contributed by atoms with van der Waals surface area (Å²) >= 11 is 0. The summed E-state index contributed by atoms with van der Waals surface area (Å²) < 4.78 is 21.7. The van der Waals surface area contributed by atoms with Crippen molar-refractivity contribution in [2.24, 2.45) is 0 Å². The minimum Gasteiger partial charge on any atom is -0.466 e. The average molecular weight is 403 g/mol. The Balaban J connectivity index is 3.07. The Labute approximate surface area is 173 Å². The van der Waals surface area contributed by atoms with Crippen LogP contribution in [0.15, 0.2) is 0 Å². The molecule has 5 heteroatoms. The van der Waals surface area contributed by atoms with Crippen molar-refractivity contribution in [3.05, 3.63) is 0 Å². The van der Waals surface area contributed by atoms with E-state index in [0.717, 1.165) is 32.3 Å². The highest BCUT2D eigenvalue weighted by atomic mass is 16.5. The van der Waals surface area contributed by atoms with Gasteiger partial charge >= 0.3 is 5.97 Å². The summed E-state index contributed by atoms with van der Waals surface area (Å²) in [5, 5.41) is 0. The molecule has 0 bridgehead atoms. The van der Waals surface area contributed by atoms with Crippen molar-refractivity contribution in [3.63, 3.8) is 0 Å². The lowest BCUT2D eigenvalue weighted by Gasteiger charge is -2.07. The largest absolute Gasteiger partial charge is 0.466 e. The molecular formula is C23H46O5. The molecule has 0 aromatic heterocycles. The van der Waals surface area contributed by atoms with Gasteiger partial charge in [-0.2, -0.15) is 0 Å². The molecule has 5 nitrogen and oxygen atoms in total. The predicted molar refractivity (Wildman–Crippen MR) is 115 cm³/mol. The molecular weight excluding hydrogens is 356 g/mol. The number of ether oxygens (including phenoxy) is 4. The third kappa shape index (κ3) is 23.4. The van der Waals surface area contributed by atoms with E-state index in [4.69, 9.17) is 18.9 Å². The van der Waals surface area contributed by atoms with Gasteiger partial charge in [-0.1, -0.05) is 71.6 Å². The molecule has 28 heavy (non-hydrogen) atoms. The van der Waals surface area contributed by atoms with Gasteiger partial charge in [-0.05, 0) is 19.3 Å². The number of carbonyl (C=O) groups is 1. The normalized spacial score (nSPS) is 11.1. The summed E-state index contributed by atoms with van der Waals surface area (Å²) in [6.45, 7) is 8.74. The molecule has 0 saturated heterocycles. The van der Waals surface area contributed by atoms with Gasteiger partial charge in [-0.3, -0.25) is 4.79 Å². The summed E-state index contributed by atoms with van der Waals surface area (Å²) in [6.07, 6.45) is 14.9. The average Bonchev–Trinajstić information content (AvgIpc) is 2.70. The van der Waals surface area contributed by atoms with Crippen molar-refractivity contribution in [3.8, 4) is 0 Å². The first-order chi connectivity index (χ1) is 13.8. The van der Waals surface area contributed by atoms with Gasteiger partial charge in [0.15, 0.2) is 0 Å².